The van der Waals surface area contributed by atoms with Gasteiger partial charge in [-0.25, -0.2) is 4.79 Å². The smallest absolute Gasteiger partial charge is 0.355 e. The second-order valence-corrected chi connectivity index (χ2v) is 3.53. The van der Waals surface area contributed by atoms with E-state index in [-0.39, 0.29) is 5.69 Å². The molecule has 1 aromatic rings. The fourth-order valence-electron chi connectivity index (χ4n) is 0.956. The van der Waals surface area contributed by atoms with Crippen LogP contribution in [0.2, 0.25) is 0 Å². The van der Waals surface area contributed by atoms with E-state index < -0.39 is 5.97 Å². The third kappa shape index (κ3) is 1.77. The summed E-state index contributed by atoms with van der Waals surface area (Å²) in [5.74, 6) is -0.912. The van der Waals surface area contributed by atoms with Crippen LogP contribution in [0.4, 0.5) is 0 Å². The Morgan fingerprint density at radius 2 is 2.50 bits per heavy atom. The van der Waals surface area contributed by atoms with Crippen molar-refractivity contribution < 1.29 is 9.90 Å². The summed E-state index contributed by atoms with van der Waals surface area (Å²) in [4.78, 5) is 10.7. The first-order valence-electron chi connectivity index (χ1n) is 3.61. The molecule has 5 heteroatoms. The number of carbonyl (C=O) groups is 1. The molecule has 1 N–H and O–H groups in total. The maximum Gasteiger partial charge on any atom is 0.355 e. The minimum atomic E-state index is -0.912. The van der Waals surface area contributed by atoms with Crippen LogP contribution in [0.5, 0.6) is 0 Å². The lowest BCUT2D eigenvalue weighted by atomic mass is 10.4. The number of aryl methyl sites for hydroxylation is 1. The molecule has 0 saturated heterocycles. The van der Waals surface area contributed by atoms with Crippen molar-refractivity contribution in [2.24, 2.45) is 0 Å². The fourth-order valence-corrected chi connectivity index (χ4v) is 1.59. The summed E-state index contributed by atoms with van der Waals surface area (Å²) < 4.78 is 2.21. The van der Waals surface area contributed by atoms with Crippen LogP contribution >= 0.6 is 22.6 Å². The molecule has 0 saturated carbocycles. The molecule has 0 atom stereocenters. The van der Waals surface area contributed by atoms with Gasteiger partial charge in [0.25, 0.3) is 0 Å². The van der Waals surface area contributed by atoms with Gasteiger partial charge in [0.2, 0.25) is 0 Å². The molecule has 0 bridgehead atoms. The molecule has 12 heavy (non-hydrogen) atoms. The van der Waals surface area contributed by atoms with Crippen molar-refractivity contribution in [2.45, 2.75) is 19.9 Å². The van der Waals surface area contributed by atoms with Crippen LogP contribution in [0.1, 0.15) is 23.8 Å². The largest absolute Gasteiger partial charge is 0.476 e. The zero-order chi connectivity index (χ0) is 9.14. The first-order chi connectivity index (χ1) is 5.66. The fraction of sp³-hybridized carbons (Fsp3) is 0.429. The summed E-state index contributed by atoms with van der Waals surface area (Å²) in [7, 11) is 0. The standard InChI is InChI=1S/C7H9IN2O2/c1-2-3-10-6(7(11)12)5(8)4-9-10/h4H,2-3H2,1H3,(H,11,12). The number of nitrogens with zero attached hydrogens (tertiary/aromatic N) is 2. The Morgan fingerprint density at radius 1 is 1.83 bits per heavy atom. The second-order valence-electron chi connectivity index (χ2n) is 2.37. The monoisotopic (exact) mass is 280 g/mol. The van der Waals surface area contributed by atoms with E-state index in [1.54, 1.807) is 6.20 Å². The van der Waals surface area contributed by atoms with Gasteiger partial charge < -0.3 is 5.11 Å². The molecule has 0 aliphatic heterocycles. The lowest BCUT2D eigenvalue weighted by Gasteiger charge is -2.00. The molecule has 0 aliphatic carbocycles. The molecular formula is C7H9IN2O2. The van der Waals surface area contributed by atoms with E-state index in [0.29, 0.717) is 10.1 Å². The van der Waals surface area contributed by atoms with Crippen molar-refractivity contribution in [3.8, 4) is 0 Å². The van der Waals surface area contributed by atoms with Crippen molar-refractivity contribution in [1.29, 1.82) is 0 Å². The van der Waals surface area contributed by atoms with E-state index in [2.05, 4.69) is 5.10 Å². The Kier molecular flexibility index (Phi) is 3.07. The number of hydrogen-bond donors (Lipinski definition) is 1. The quantitative estimate of drug-likeness (QED) is 0.855. The molecule has 0 fully saturated rings. The van der Waals surface area contributed by atoms with Gasteiger partial charge in [-0.1, -0.05) is 6.92 Å². The Labute approximate surface area is 83.7 Å². The zero-order valence-electron chi connectivity index (χ0n) is 6.62. The number of carboxylic acid groups (broad SMARTS) is 1. The summed E-state index contributed by atoms with van der Waals surface area (Å²) >= 11 is 1.97. The molecule has 0 unspecified atom stereocenters. The van der Waals surface area contributed by atoms with E-state index in [1.165, 1.54) is 4.68 Å². The highest BCUT2D eigenvalue weighted by Gasteiger charge is 2.14. The van der Waals surface area contributed by atoms with Crippen molar-refractivity contribution in [1.82, 2.24) is 9.78 Å². The number of halogens is 1. The van der Waals surface area contributed by atoms with Crippen LogP contribution in [0, 0.1) is 3.57 Å². The third-order valence-electron chi connectivity index (χ3n) is 1.43. The molecule has 1 heterocycles. The molecular weight excluding hydrogens is 271 g/mol. The number of hydrogen-bond acceptors (Lipinski definition) is 2. The predicted octanol–water partition coefficient (Wildman–Crippen LogP) is 1.60. The number of aromatic nitrogens is 2. The van der Waals surface area contributed by atoms with Gasteiger partial charge in [-0.2, -0.15) is 5.10 Å². The SMILES string of the molecule is CCCn1ncc(I)c1C(=O)O. The van der Waals surface area contributed by atoms with Crippen LogP contribution in [0.15, 0.2) is 6.20 Å². The highest BCUT2D eigenvalue weighted by molar-refractivity contribution is 14.1. The van der Waals surface area contributed by atoms with Crippen molar-refractivity contribution in [2.75, 3.05) is 0 Å². The van der Waals surface area contributed by atoms with E-state index in [9.17, 15) is 4.79 Å². The van der Waals surface area contributed by atoms with Crippen molar-refractivity contribution in [3.05, 3.63) is 15.5 Å². The Balaban J connectivity index is 3.04. The third-order valence-corrected chi connectivity index (χ3v) is 2.22. The van der Waals surface area contributed by atoms with Crippen molar-refractivity contribution in [3.63, 3.8) is 0 Å². The summed E-state index contributed by atoms with van der Waals surface area (Å²) in [6, 6.07) is 0. The van der Waals surface area contributed by atoms with Gasteiger partial charge in [0.1, 0.15) is 0 Å². The lowest BCUT2D eigenvalue weighted by Crippen LogP contribution is -2.10. The predicted molar refractivity (Wildman–Crippen MR) is 52.2 cm³/mol. The van der Waals surface area contributed by atoms with Gasteiger partial charge in [-0.05, 0) is 29.0 Å². The first-order valence-corrected chi connectivity index (χ1v) is 4.69. The summed E-state index contributed by atoms with van der Waals surface area (Å²) in [6.45, 7) is 2.64. The maximum atomic E-state index is 10.7. The van der Waals surface area contributed by atoms with Crippen LogP contribution in [-0.4, -0.2) is 20.9 Å². The molecule has 66 valence electrons. The second kappa shape index (κ2) is 3.88. The number of aromatic carboxylic acids is 1. The maximum absolute atomic E-state index is 10.7. The number of carboxylic acids is 1. The number of rotatable bonds is 3. The molecule has 0 aliphatic rings. The summed E-state index contributed by atoms with van der Waals surface area (Å²) in [5.41, 5.74) is 0.289. The van der Waals surface area contributed by atoms with Crippen molar-refractivity contribution >= 4 is 28.6 Å². The Morgan fingerprint density at radius 3 is 3.00 bits per heavy atom. The van der Waals surface area contributed by atoms with Crippen LogP contribution in [-0.2, 0) is 6.54 Å². The van der Waals surface area contributed by atoms with E-state index in [1.807, 2.05) is 29.5 Å². The molecule has 1 aromatic heterocycles. The van der Waals surface area contributed by atoms with Gasteiger partial charge in [-0.15, -0.1) is 0 Å². The highest BCUT2D eigenvalue weighted by Crippen LogP contribution is 2.11. The minimum absolute atomic E-state index is 0.289. The molecule has 4 nitrogen and oxygen atoms in total. The molecule has 0 spiro atoms. The van der Waals surface area contributed by atoms with Gasteiger partial charge in [0.15, 0.2) is 5.69 Å². The van der Waals surface area contributed by atoms with Crippen LogP contribution in [0.3, 0.4) is 0 Å². The summed E-state index contributed by atoms with van der Waals surface area (Å²) in [5, 5.41) is 12.8. The van der Waals surface area contributed by atoms with Gasteiger partial charge in [-0.3, -0.25) is 4.68 Å². The van der Waals surface area contributed by atoms with E-state index >= 15 is 0 Å². The highest BCUT2D eigenvalue weighted by atomic mass is 127. The van der Waals surface area contributed by atoms with Gasteiger partial charge >= 0.3 is 5.97 Å². The Bertz CT molecular complexity index is 296. The zero-order valence-corrected chi connectivity index (χ0v) is 8.78. The Hall–Kier alpha value is -0.590. The lowest BCUT2D eigenvalue weighted by molar-refractivity contribution is 0.0682. The van der Waals surface area contributed by atoms with Crippen LogP contribution < -0.4 is 0 Å². The molecule has 0 aromatic carbocycles. The molecule has 0 amide bonds. The topological polar surface area (TPSA) is 55.1 Å². The summed E-state index contributed by atoms with van der Waals surface area (Å²) in [6.07, 6.45) is 2.46. The molecule has 0 radical (unpaired) electrons. The average molecular weight is 280 g/mol. The normalized spacial score (nSPS) is 10.2. The van der Waals surface area contributed by atoms with Gasteiger partial charge in [0.05, 0.1) is 9.77 Å². The average Bonchev–Trinajstić information content (AvgIpc) is 2.32. The van der Waals surface area contributed by atoms with E-state index in [4.69, 9.17) is 5.11 Å². The van der Waals surface area contributed by atoms with Gasteiger partial charge in [0, 0.05) is 6.54 Å². The first kappa shape index (κ1) is 9.50. The minimum Gasteiger partial charge on any atom is -0.476 e. The molecule has 1 rings (SSSR count). The van der Waals surface area contributed by atoms with E-state index in [0.717, 1.165) is 6.42 Å². The van der Waals surface area contributed by atoms with Crippen LogP contribution in [0.25, 0.3) is 0 Å².